The van der Waals surface area contributed by atoms with E-state index < -0.39 is 6.43 Å². The topological polar surface area (TPSA) is 21.6 Å². The van der Waals surface area contributed by atoms with Gasteiger partial charge in [0.15, 0.2) is 0 Å². The summed E-state index contributed by atoms with van der Waals surface area (Å²) in [4.78, 5) is 5.14. The van der Waals surface area contributed by atoms with Crippen LogP contribution < -0.4 is 0 Å². The quantitative estimate of drug-likeness (QED) is 0.582. The molecule has 0 spiro atoms. The third-order valence-corrected chi connectivity index (χ3v) is 2.89. The molecule has 0 radical (unpaired) electrons. The lowest BCUT2D eigenvalue weighted by atomic mass is 10.1. The average Bonchev–Trinajstić information content (AvgIpc) is 2.45. The average molecular weight is 275 g/mol. The smallest absolute Gasteiger partial charge is 0.263 e. The molecule has 2 aromatic carbocycles. The summed E-state index contributed by atoms with van der Waals surface area (Å²) in [5.41, 5.74) is 2.73. The van der Waals surface area contributed by atoms with Crippen LogP contribution in [0.2, 0.25) is 0 Å². The van der Waals surface area contributed by atoms with Gasteiger partial charge in [-0.15, -0.1) is 0 Å². The highest BCUT2D eigenvalue weighted by atomic mass is 19.3. The molecule has 0 aliphatic heterocycles. The van der Waals surface area contributed by atoms with Gasteiger partial charge in [0.2, 0.25) is 0 Å². The number of benzene rings is 2. The maximum absolute atomic E-state index is 12.5. The Labute approximate surface area is 116 Å². The van der Waals surface area contributed by atoms with Gasteiger partial charge in [0.05, 0.1) is 6.21 Å². The lowest BCUT2D eigenvalue weighted by Crippen LogP contribution is -1.92. The van der Waals surface area contributed by atoms with E-state index in [4.69, 9.17) is 4.84 Å². The fourth-order valence-corrected chi connectivity index (χ4v) is 1.76. The molecule has 20 heavy (non-hydrogen) atoms. The molecule has 0 saturated heterocycles. The predicted octanol–water partition coefficient (Wildman–Crippen LogP) is 4.48. The largest absolute Gasteiger partial charge is 0.391 e. The van der Waals surface area contributed by atoms with Crippen LogP contribution in [0.3, 0.4) is 0 Å². The van der Waals surface area contributed by atoms with E-state index in [1.165, 1.54) is 12.1 Å². The number of hydrogen-bond donors (Lipinski definition) is 0. The number of nitrogens with zero attached hydrogens (tertiary/aromatic N) is 1. The van der Waals surface area contributed by atoms with Crippen LogP contribution in [0.25, 0.3) is 0 Å². The van der Waals surface area contributed by atoms with Crippen LogP contribution in [0.1, 0.15) is 28.7 Å². The molecule has 0 fully saturated rings. The molecule has 2 aromatic rings. The highest BCUT2D eigenvalue weighted by molar-refractivity contribution is 5.81. The van der Waals surface area contributed by atoms with Gasteiger partial charge in [-0.05, 0) is 29.7 Å². The first kappa shape index (κ1) is 14.2. The molecule has 104 valence electrons. The van der Waals surface area contributed by atoms with Crippen molar-refractivity contribution < 1.29 is 13.6 Å². The van der Waals surface area contributed by atoms with Crippen molar-refractivity contribution in [3.05, 3.63) is 70.8 Å². The first-order valence-corrected chi connectivity index (χ1v) is 6.25. The van der Waals surface area contributed by atoms with Crippen LogP contribution >= 0.6 is 0 Å². The molecule has 0 aliphatic rings. The number of rotatable bonds is 5. The van der Waals surface area contributed by atoms with Crippen molar-refractivity contribution >= 4 is 6.21 Å². The Kier molecular flexibility index (Phi) is 4.82. The van der Waals surface area contributed by atoms with Gasteiger partial charge in [-0.2, -0.15) is 0 Å². The van der Waals surface area contributed by atoms with Crippen molar-refractivity contribution in [2.75, 3.05) is 0 Å². The van der Waals surface area contributed by atoms with Gasteiger partial charge in [-0.1, -0.05) is 47.6 Å². The second-order valence-electron chi connectivity index (χ2n) is 4.41. The molecule has 0 bridgehead atoms. The van der Waals surface area contributed by atoms with E-state index in [1.807, 2.05) is 31.2 Å². The number of aryl methyl sites for hydroxylation is 1. The van der Waals surface area contributed by atoms with E-state index in [2.05, 4.69) is 5.16 Å². The Hall–Kier alpha value is -2.23. The summed E-state index contributed by atoms with van der Waals surface area (Å²) < 4.78 is 25.1. The SMILES string of the molecule is Cc1ccccc1C=NOCc1cccc(C(F)F)c1. The molecule has 0 aromatic heterocycles. The van der Waals surface area contributed by atoms with Crippen LogP contribution in [0.15, 0.2) is 53.7 Å². The minimum Gasteiger partial charge on any atom is -0.391 e. The van der Waals surface area contributed by atoms with Crippen molar-refractivity contribution in [2.45, 2.75) is 20.0 Å². The number of halogens is 2. The minimum absolute atomic E-state index is 0.00557. The van der Waals surface area contributed by atoms with Crippen LogP contribution in [-0.2, 0) is 11.4 Å². The number of hydrogen-bond acceptors (Lipinski definition) is 2. The highest BCUT2D eigenvalue weighted by Gasteiger charge is 2.06. The molecule has 0 amide bonds. The summed E-state index contributed by atoms with van der Waals surface area (Å²) in [5.74, 6) is 0. The summed E-state index contributed by atoms with van der Waals surface area (Å²) in [5, 5.41) is 3.86. The molecule has 0 atom stereocenters. The van der Waals surface area contributed by atoms with Crippen LogP contribution in [0.5, 0.6) is 0 Å². The third kappa shape index (κ3) is 3.88. The maximum atomic E-state index is 12.5. The van der Waals surface area contributed by atoms with Crippen LogP contribution in [-0.4, -0.2) is 6.21 Å². The van der Waals surface area contributed by atoms with Gasteiger partial charge >= 0.3 is 0 Å². The molecule has 0 unspecified atom stereocenters. The van der Waals surface area contributed by atoms with E-state index >= 15 is 0 Å². The van der Waals surface area contributed by atoms with Crippen molar-refractivity contribution in [3.63, 3.8) is 0 Å². The normalized spacial score (nSPS) is 11.2. The zero-order chi connectivity index (χ0) is 14.4. The highest BCUT2D eigenvalue weighted by Crippen LogP contribution is 2.19. The Balaban J connectivity index is 1.93. The van der Waals surface area contributed by atoms with E-state index in [0.29, 0.717) is 5.56 Å². The van der Waals surface area contributed by atoms with E-state index in [-0.39, 0.29) is 12.2 Å². The maximum Gasteiger partial charge on any atom is 0.263 e. The van der Waals surface area contributed by atoms with E-state index in [9.17, 15) is 8.78 Å². The summed E-state index contributed by atoms with van der Waals surface area (Å²) in [7, 11) is 0. The van der Waals surface area contributed by atoms with E-state index in [0.717, 1.165) is 11.1 Å². The Morgan fingerprint density at radius 2 is 1.95 bits per heavy atom. The molecule has 0 N–H and O–H groups in total. The van der Waals surface area contributed by atoms with Crippen molar-refractivity contribution in [1.29, 1.82) is 0 Å². The summed E-state index contributed by atoms with van der Waals surface area (Å²) in [6.07, 6.45) is -0.850. The van der Waals surface area contributed by atoms with Crippen molar-refractivity contribution in [1.82, 2.24) is 0 Å². The van der Waals surface area contributed by atoms with Gasteiger partial charge in [-0.25, -0.2) is 8.78 Å². The fraction of sp³-hybridized carbons (Fsp3) is 0.188. The molecule has 0 aliphatic carbocycles. The zero-order valence-corrected chi connectivity index (χ0v) is 11.1. The van der Waals surface area contributed by atoms with Gasteiger partial charge in [0, 0.05) is 5.56 Å². The van der Waals surface area contributed by atoms with Crippen molar-refractivity contribution in [2.24, 2.45) is 5.16 Å². The lowest BCUT2D eigenvalue weighted by molar-refractivity contribution is 0.130. The van der Waals surface area contributed by atoms with E-state index in [1.54, 1.807) is 18.3 Å². The second-order valence-corrected chi connectivity index (χ2v) is 4.41. The van der Waals surface area contributed by atoms with Gasteiger partial charge in [0.25, 0.3) is 6.43 Å². The second kappa shape index (κ2) is 6.80. The first-order chi connectivity index (χ1) is 9.66. The summed E-state index contributed by atoms with van der Waals surface area (Å²) in [6, 6.07) is 13.9. The van der Waals surface area contributed by atoms with Crippen LogP contribution in [0, 0.1) is 6.92 Å². The molecule has 2 rings (SSSR count). The number of alkyl halides is 2. The Bertz CT molecular complexity index is 597. The molecule has 2 nitrogen and oxygen atoms in total. The third-order valence-electron chi connectivity index (χ3n) is 2.89. The molecular weight excluding hydrogens is 260 g/mol. The van der Waals surface area contributed by atoms with Crippen LogP contribution in [0.4, 0.5) is 8.78 Å². The molecule has 4 heteroatoms. The number of oxime groups is 1. The predicted molar refractivity (Wildman–Crippen MR) is 75.0 cm³/mol. The molecular formula is C16H15F2NO. The lowest BCUT2D eigenvalue weighted by Gasteiger charge is -2.03. The standard InChI is InChI=1S/C16H15F2NO/c1-12-5-2-3-7-15(12)10-19-20-11-13-6-4-8-14(9-13)16(17)18/h2-10,16H,11H2,1H3. The fourth-order valence-electron chi connectivity index (χ4n) is 1.76. The minimum atomic E-state index is -2.47. The monoisotopic (exact) mass is 275 g/mol. The Morgan fingerprint density at radius 1 is 1.15 bits per heavy atom. The Morgan fingerprint density at radius 3 is 2.70 bits per heavy atom. The summed E-state index contributed by atoms with van der Waals surface area (Å²) >= 11 is 0. The van der Waals surface area contributed by atoms with Gasteiger partial charge in [0.1, 0.15) is 6.61 Å². The molecule has 0 heterocycles. The van der Waals surface area contributed by atoms with Gasteiger partial charge in [-0.3, -0.25) is 0 Å². The van der Waals surface area contributed by atoms with Gasteiger partial charge < -0.3 is 4.84 Å². The summed E-state index contributed by atoms with van der Waals surface area (Å²) in [6.45, 7) is 2.15. The van der Waals surface area contributed by atoms with Crippen molar-refractivity contribution in [3.8, 4) is 0 Å². The first-order valence-electron chi connectivity index (χ1n) is 6.25. The molecule has 0 saturated carbocycles. The zero-order valence-electron chi connectivity index (χ0n) is 11.1.